The van der Waals surface area contributed by atoms with Crippen molar-refractivity contribution in [3.8, 4) is 50.2 Å². The van der Waals surface area contributed by atoms with E-state index in [-0.39, 0.29) is 0 Å². The largest absolute Gasteiger partial charge is 0.310 e. The molecular formula is C74H44N2S. The van der Waals surface area contributed by atoms with Crippen LogP contribution in [0.15, 0.2) is 267 Å². The third-order valence-corrected chi connectivity index (χ3v) is 19.1. The van der Waals surface area contributed by atoms with Crippen molar-refractivity contribution in [2.75, 3.05) is 4.90 Å². The molecule has 0 unspecified atom stereocenters. The maximum absolute atomic E-state index is 2.66. The Morgan fingerprint density at radius 3 is 1.60 bits per heavy atom. The van der Waals surface area contributed by atoms with Gasteiger partial charge in [0, 0.05) is 59.0 Å². The molecule has 0 saturated carbocycles. The highest BCUT2D eigenvalue weighted by Crippen LogP contribution is 2.69. The molecule has 356 valence electrons. The number of anilines is 3. The molecule has 2 aromatic heterocycles. The second-order valence-corrected chi connectivity index (χ2v) is 22.4. The molecule has 0 bridgehead atoms. The third-order valence-electron chi connectivity index (χ3n) is 18.0. The highest BCUT2D eigenvalue weighted by Gasteiger charge is 2.56. The molecule has 14 aromatic rings. The van der Waals surface area contributed by atoms with Gasteiger partial charge in [-0.1, -0.05) is 218 Å². The Kier molecular flexibility index (Phi) is 8.18. The van der Waals surface area contributed by atoms with Crippen molar-refractivity contribution in [1.82, 2.24) is 4.57 Å². The first kappa shape index (κ1) is 41.8. The van der Waals surface area contributed by atoms with E-state index in [4.69, 9.17) is 0 Å². The van der Waals surface area contributed by atoms with Crippen molar-refractivity contribution in [2.45, 2.75) is 10.8 Å². The molecule has 3 aliphatic carbocycles. The first-order valence-corrected chi connectivity index (χ1v) is 27.6. The zero-order chi connectivity index (χ0) is 50.1. The zero-order valence-corrected chi connectivity index (χ0v) is 42.5. The van der Waals surface area contributed by atoms with Gasteiger partial charge in [-0.3, -0.25) is 0 Å². The van der Waals surface area contributed by atoms with Crippen LogP contribution in [0.25, 0.3) is 92.2 Å². The Morgan fingerprint density at radius 2 is 0.857 bits per heavy atom. The lowest BCUT2D eigenvalue weighted by atomic mass is 9.68. The van der Waals surface area contributed by atoms with Crippen LogP contribution < -0.4 is 4.90 Å². The number of hydrogen-bond donors (Lipinski definition) is 0. The minimum atomic E-state index is -0.663. The Labute approximate surface area is 449 Å². The lowest BCUT2D eigenvalue weighted by molar-refractivity contribution is 0.768. The summed E-state index contributed by atoms with van der Waals surface area (Å²) < 4.78 is 5.17. The van der Waals surface area contributed by atoms with Crippen LogP contribution >= 0.6 is 11.3 Å². The molecule has 3 heterocycles. The monoisotopic (exact) mass is 992 g/mol. The standard InChI is InChI=1S/C74H44N2S/c1-3-20-45(21-4-1)73(46-22-5-2-6-23-46)59-31-13-9-26-51(59)57-42-47(39-41-62(57)73)75(48-38-40-55-54-29-12-18-37-67(54)77-68(55)43-48)66-44-58-53-28-11-17-36-65(53)76-64-35-16-10-27-52(64)56-30-19-34-63-69(56)70(72(58)76)71(66)74(63)60-32-14-7-24-49(60)50-25-8-15-33-61(50)74/h1-44H. The maximum Gasteiger partial charge on any atom is 0.0747 e. The van der Waals surface area contributed by atoms with E-state index in [0.717, 1.165) is 11.4 Å². The van der Waals surface area contributed by atoms with E-state index < -0.39 is 10.8 Å². The summed E-state index contributed by atoms with van der Waals surface area (Å²) in [4.78, 5) is 2.66. The molecule has 2 nitrogen and oxygen atoms in total. The predicted octanol–water partition coefficient (Wildman–Crippen LogP) is 19.3. The first-order valence-electron chi connectivity index (χ1n) is 26.8. The molecule has 0 amide bonds. The van der Waals surface area contributed by atoms with Crippen LogP contribution in [0.5, 0.6) is 0 Å². The fraction of sp³-hybridized carbons (Fsp3) is 0.0270. The highest BCUT2D eigenvalue weighted by atomic mass is 32.1. The molecule has 18 rings (SSSR count). The Bertz CT molecular complexity index is 4800. The fourth-order valence-electron chi connectivity index (χ4n) is 15.2. The number of fused-ring (bicyclic) bond motifs is 19. The normalized spacial score (nSPS) is 14.2. The molecule has 4 aliphatic rings. The number of nitrogens with zero attached hydrogens (tertiary/aromatic N) is 2. The molecule has 0 fully saturated rings. The van der Waals surface area contributed by atoms with Gasteiger partial charge in [0.25, 0.3) is 0 Å². The zero-order valence-electron chi connectivity index (χ0n) is 41.7. The van der Waals surface area contributed by atoms with Gasteiger partial charge in [-0.15, -0.1) is 11.3 Å². The number of rotatable bonds is 5. The summed E-state index contributed by atoms with van der Waals surface area (Å²) in [5.74, 6) is 0. The third kappa shape index (κ3) is 5.11. The number of aromatic nitrogens is 1. The summed E-state index contributed by atoms with van der Waals surface area (Å²) in [5.41, 5.74) is 26.6. The van der Waals surface area contributed by atoms with Gasteiger partial charge in [0.1, 0.15) is 0 Å². The van der Waals surface area contributed by atoms with Crippen LogP contribution in [0.4, 0.5) is 17.1 Å². The van der Waals surface area contributed by atoms with Gasteiger partial charge in [0.2, 0.25) is 0 Å². The Balaban J connectivity index is 1.03. The van der Waals surface area contributed by atoms with Crippen LogP contribution in [0.2, 0.25) is 0 Å². The molecule has 3 heteroatoms. The predicted molar refractivity (Wildman–Crippen MR) is 321 cm³/mol. The van der Waals surface area contributed by atoms with Gasteiger partial charge in [0.05, 0.1) is 33.2 Å². The minimum absolute atomic E-state index is 0.528. The number of benzene rings is 12. The number of hydrogen-bond acceptors (Lipinski definition) is 2. The van der Waals surface area contributed by atoms with Crippen LogP contribution in [-0.2, 0) is 10.8 Å². The lowest BCUT2D eigenvalue weighted by Crippen LogP contribution is -2.29. The summed E-state index contributed by atoms with van der Waals surface area (Å²) in [7, 11) is 0. The average molecular weight is 993 g/mol. The van der Waals surface area contributed by atoms with E-state index in [1.807, 2.05) is 11.3 Å². The molecule has 77 heavy (non-hydrogen) atoms. The highest BCUT2D eigenvalue weighted by molar-refractivity contribution is 7.25. The van der Waals surface area contributed by atoms with Gasteiger partial charge in [0.15, 0.2) is 0 Å². The molecule has 1 spiro atoms. The molecule has 12 aromatic carbocycles. The van der Waals surface area contributed by atoms with Gasteiger partial charge in [-0.05, 0) is 121 Å². The van der Waals surface area contributed by atoms with Gasteiger partial charge < -0.3 is 9.47 Å². The van der Waals surface area contributed by atoms with E-state index in [1.54, 1.807) is 0 Å². The van der Waals surface area contributed by atoms with Crippen LogP contribution in [0.3, 0.4) is 0 Å². The van der Waals surface area contributed by atoms with Crippen LogP contribution in [0.1, 0.15) is 44.5 Å². The second kappa shape index (κ2) is 15.1. The van der Waals surface area contributed by atoms with Gasteiger partial charge in [-0.25, -0.2) is 0 Å². The van der Waals surface area contributed by atoms with E-state index in [0.29, 0.717) is 0 Å². The van der Waals surface area contributed by atoms with Crippen molar-refractivity contribution < 1.29 is 0 Å². The quantitative estimate of drug-likeness (QED) is 0.167. The van der Waals surface area contributed by atoms with Crippen molar-refractivity contribution in [3.63, 3.8) is 0 Å². The van der Waals surface area contributed by atoms with Crippen LogP contribution in [0, 0.1) is 0 Å². The minimum Gasteiger partial charge on any atom is -0.310 e. The van der Waals surface area contributed by atoms with Gasteiger partial charge >= 0.3 is 0 Å². The summed E-state index contributed by atoms with van der Waals surface area (Å²) in [6, 6.07) is 102. The summed E-state index contributed by atoms with van der Waals surface area (Å²) in [6.07, 6.45) is 0. The summed E-state index contributed by atoms with van der Waals surface area (Å²) in [5, 5.41) is 5.07. The molecule has 0 N–H and O–H groups in total. The van der Waals surface area contributed by atoms with E-state index in [1.165, 1.54) is 142 Å². The smallest absolute Gasteiger partial charge is 0.0747 e. The number of para-hydroxylation sites is 2. The number of thiophene rings is 1. The fourth-order valence-corrected chi connectivity index (χ4v) is 16.3. The van der Waals surface area contributed by atoms with E-state index in [2.05, 4.69) is 276 Å². The van der Waals surface area contributed by atoms with Gasteiger partial charge in [-0.2, -0.15) is 0 Å². The maximum atomic E-state index is 2.66. The van der Waals surface area contributed by atoms with Crippen molar-refractivity contribution in [3.05, 3.63) is 311 Å². The van der Waals surface area contributed by atoms with E-state index in [9.17, 15) is 0 Å². The van der Waals surface area contributed by atoms with E-state index >= 15 is 0 Å². The van der Waals surface area contributed by atoms with Crippen molar-refractivity contribution in [2.24, 2.45) is 0 Å². The van der Waals surface area contributed by atoms with Crippen molar-refractivity contribution >= 4 is 70.4 Å². The molecule has 0 atom stereocenters. The summed E-state index contributed by atoms with van der Waals surface area (Å²) >= 11 is 1.89. The summed E-state index contributed by atoms with van der Waals surface area (Å²) in [6.45, 7) is 0. The molecular weight excluding hydrogens is 949 g/mol. The molecule has 0 saturated heterocycles. The molecule has 1 aliphatic heterocycles. The molecule has 0 radical (unpaired) electrons. The van der Waals surface area contributed by atoms with Crippen LogP contribution in [-0.4, -0.2) is 4.57 Å². The Hall–Kier alpha value is -9.54. The topological polar surface area (TPSA) is 8.17 Å². The SMILES string of the molecule is c1ccc(C2(c3ccccc3)c3ccccc3-c3cc(N(c4ccc5c(c4)sc4ccccc45)c4cc5c6ccccc6n6c5c5c4C4(c7ccccc7-c7ccccc74)c4cccc(c4-5)-c4ccccc4-6)ccc32)cc1. The average Bonchev–Trinajstić information content (AvgIpc) is 4.46. The second-order valence-electron chi connectivity index (χ2n) is 21.4. The Morgan fingerprint density at radius 1 is 0.325 bits per heavy atom. The first-order chi connectivity index (χ1) is 38.2. The lowest BCUT2D eigenvalue weighted by Gasteiger charge is -2.37. The van der Waals surface area contributed by atoms with Crippen molar-refractivity contribution in [1.29, 1.82) is 0 Å².